The summed E-state index contributed by atoms with van der Waals surface area (Å²) in [5, 5.41) is 0. The summed E-state index contributed by atoms with van der Waals surface area (Å²) in [5.41, 5.74) is 0. The first-order valence-electron chi connectivity index (χ1n) is 2.20. The van der Waals surface area contributed by atoms with Crippen molar-refractivity contribution in [2.24, 2.45) is 0 Å². The van der Waals surface area contributed by atoms with Gasteiger partial charge in [0.15, 0.2) is 0 Å². The summed E-state index contributed by atoms with van der Waals surface area (Å²) in [6.45, 7) is 0. The fourth-order valence-electron chi connectivity index (χ4n) is 0.430. The van der Waals surface area contributed by atoms with Gasteiger partial charge in [-0.05, 0) is 24.3 Å². The molecule has 0 atom stereocenters. The van der Waals surface area contributed by atoms with Gasteiger partial charge in [-0.3, -0.25) is 0 Å². The normalized spacial score (nSPS) is 8.22. The van der Waals surface area contributed by atoms with Gasteiger partial charge in [-0.15, -0.1) is 0 Å². The Bertz CT molecular complexity index is 150. The number of benzene rings is 1. The van der Waals surface area contributed by atoms with E-state index in [4.69, 9.17) is 0 Å². The fraction of sp³-hybridized carbons (Fsp3) is 0. The van der Waals surface area contributed by atoms with Crippen LogP contribution in [0.3, 0.4) is 0 Å². The second-order valence-electron chi connectivity index (χ2n) is 1.44. The van der Waals surface area contributed by atoms with Crippen LogP contribution in [0.15, 0.2) is 24.3 Å². The van der Waals surface area contributed by atoms with Crippen LogP contribution in [-0.2, 0) is 0 Å². The van der Waals surface area contributed by atoms with Gasteiger partial charge in [0.05, 0.1) is 0 Å². The SMILES string of the molecule is Fc1ccc(F)cc1.[LiH]. The van der Waals surface area contributed by atoms with Crippen molar-refractivity contribution in [3.63, 3.8) is 0 Å². The zero-order chi connectivity index (χ0) is 5.98. The second kappa shape index (κ2) is 3.66. The predicted octanol–water partition coefficient (Wildman–Crippen LogP) is 1.32. The van der Waals surface area contributed by atoms with Crippen LogP contribution in [0.2, 0.25) is 0 Å². The van der Waals surface area contributed by atoms with E-state index in [-0.39, 0.29) is 18.9 Å². The van der Waals surface area contributed by atoms with E-state index < -0.39 is 11.6 Å². The van der Waals surface area contributed by atoms with E-state index in [9.17, 15) is 8.78 Å². The molecule has 0 radical (unpaired) electrons. The van der Waals surface area contributed by atoms with Gasteiger partial charge >= 0.3 is 18.9 Å². The molecule has 3 heteroatoms. The Morgan fingerprint density at radius 1 is 0.778 bits per heavy atom. The Morgan fingerprint density at radius 3 is 1.22 bits per heavy atom. The summed E-state index contributed by atoms with van der Waals surface area (Å²) in [5.74, 6) is -0.821. The van der Waals surface area contributed by atoms with Crippen molar-refractivity contribution in [3.05, 3.63) is 35.9 Å². The van der Waals surface area contributed by atoms with Crippen molar-refractivity contribution >= 4 is 18.9 Å². The molecule has 0 unspecified atom stereocenters. The summed E-state index contributed by atoms with van der Waals surface area (Å²) >= 11 is 0. The minimum absolute atomic E-state index is 0. The quantitative estimate of drug-likeness (QED) is 0.455. The van der Waals surface area contributed by atoms with Crippen LogP contribution in [-0.4, -0.2) is 18.9 Å². The van der Waals surface area contributed by atoms with Gasteiger partial charge in [0, 0.05) is 0 Å². The van der Waals surface area contributed by atoms with E-state index >= 15 is 0 Å². The summed E-state index contributed by atoms with van der Waals surface area (Å²) in [6, 6.07) is 4.31. The first-order chi connectivity index (χ1) is 3.79. The van der Waals surface area contributed by atoms with Crippen LogP contribution >= 0.6 is 0 Å². The first-order valence-corrected chi connectivity index (χ1v) is 2.20. The van der Waals surface area contributed by atoms with Gasteiger partial charge in [0.2, 0.25) is 0 Å². The Labute approximate surface area is 64.1 Å². The molecule has 0 bridgehead atoms. The number of halogens is 2. The van der Waals surface area contributed by atoms with Gasteiger partial charge < -0.3 is 0 Å². The molecule has 0 aliphatic heterocycles. The standard InChI is InChI=1S/C6H4F2.Li.H/c7-5-1-2-6(8)4-3-5;;/h1-4H;;. The molecule has 0 N–H and O–H groups in total. The van der Waals surface area contributed by atoms with Gasteiger partial charge in [-0.25, -0.2) is 8.78 Å². The molecular weight excluding hydrogens is 117 g/mol. The summed E-state index contributed by atoms with van der Waals surface area (Å²) in [6.07, 6.45) is 0. The summed E-state index contributed by atoms with van der Waals surface area (Å²) < 4.78 is 23.8. The topological polar surface area (TPSA) is 0 Å². The number of rotatable bonds is 0. The van der Waals surface area contributed by atoms with Crippen LogP contribution in [0.4, 0.5) is 8.78 Å². The van der Waals surface area contributed by atoms with E-state index in [0.29, 0.717) is 0 Å². The molecule has 0 heterocycles. The van der Waals surface area contributed by atoms with Gasteiger partial charge in [-0.2, -0.15) is 0 Å². The molecule has 0 aromatic heterocycles. The van der Waals surface area contributed by atoms with Crippen molar-refractivity contribution < 1.29 is 8.78 Å². The average Bonchev–Trinajstić information content (AvgIpc) is 1.77. The second-order valence-corrected chi connectivity index (χ2v) is 1.44. The van der Waals surface area contributed by atoms with Crippen molar-refractivity contribution in [1.29, 1.82) is 0 Å². The van der Waals surface area contributed by atoms with E-state index in [1.165, 1.54) is 0 Å². The van der Waals surface area contributed by atoms with Crippen molar-refractivity contribution in [2.75, 3.05) is 0 Å². The van der Waals surface area contributed by atoms with Crippen LogP contribution in [0.25, 0.3) is 0 Å². The third-order valence-electron chi connectivity index (χ3n) is 0.804. The van der Waals surface area contributed by atoms with Crippen molar-refractivity contribution in [2.45, 2.75) is 0 Å². The molecule has 9 heavy (non-hydrogen) atoms. The van der Waals surface area contributed by atoms with Gasteiger partial charge in [-0.1, -0.05) is 0 Å². The maximum absolute atomic E-state index is 11.9. The predicted molar refractivity (Wildman–Crippen MR) is 33.5 cm³/mol. The maximum atomic E-state index is 11.9. The monoisotopic (exact) mass is 122 g/mol. The summed E-state index contributed by atoms with van der Waals surface area (Å²) in [7, 11) is 0. The van der Waals surface area contributed by atoms with E-state index in [2.05, 4.69) is 0 Å². The molecule has 44 valence electrons. The molecule has 0 fully saturated rings. The van der Waals surface area contributed by atoms with E-state index in [1.54, 1.807) is 0 Å². The van der Waals surface area contributed by atoms with Crippen LogP contribution in [0.5, 0.6) is 0 Å². The molecule has 1 rings (SSSR count). The zero-order valence-electron chi connectivity index (χ0n) is 4.07. The summed E-state index contributed by atoms with van der Waals surface area (Å²) in [4.78, 5) is 0. The molecule has 1 aromatic rings. The fourth-order valence-corrected chi connectivity index (χ4v) is 0.430. The molecule has 0 spiro atoms. The van der Waals surface area contributed by atoms with Crippen LogP contribution in [0.1, 0.15) is 0 Å². The minimum atomic E-state index is -0.411. The molecular formula is C6H5F2Li. The number of hydrogen-bond acceptors (Lipinski definition) is 0. The Kier molecular flexibility index (Phi) is 3.52. The molecule has 0 amide bonds. The van der Waals surface area contributed by atoms with Gasteiger partial charge in [0.1, 0.15) is 11.6 Å². The van der Waals surface area contributed by atoms with Crippen LogP contribution in [0, 0.1) is 11.6 Å². The number of hydrogen-bond donors (Lipinski definition) is 0. The molecule has 1 aromatic carbocycles. The van der Waals surface area contributed by atoms with E-state index in [1.807, 2.05) is 0 Å². The Hall–Kier alpha value is -0.323. The Morgan fingerprint density at radius 2 is 1.00 bits per heavy atom. The molecule has 0 aliphatic carbocycles. The van der Waals surface area contributed by atoms with Crippen LogP contribution < -0.4 is 0 Å². The van der Waals surface area contributed by atoms with Crippen molar-refractivity contribution in [3.8, 4) is 0 Å². The molecule has 0 nitrogen and oxygen atoms in total. The van der Waals surface area contributed by atoms with Gasteiger partial charge in [0.25, 0.3) is 0 Å². The van der Waals surface area contributed by atoms with Crippen molar-refractivity contribution in [1.82, 2.24) is 0 Å². The average molecular weight is 122 g/mol. The zero-order valence-corrected chi connectivity index (χ0v) is 4.07. The first kappa shape index (κ1) is 8.68. The Balaban J connectivity index is 0.000000640. The van der Waals surface area contributed by atoms with E-state index in [0.717, 1.165) is 24.3 Å². The third-order valence-corrected chi connectivity index (χ3v) is 0.804. The molecule has 0 saturated heterocycles. The molecule has 0 saturated carbocycles. The third kappa shape index (κ3) is 2.64. The molecule has 0 aliphatic rings.